The van der Waals surface area contributed by atoms with Gasteiger partial charge in [-0.25, -0.2) is 0 Å². The number of aromatic nitrogens is 3. The molecular formula is C10H13N3. The van der Waals surface area contributed by atoms with Gasteiger partial charge in [0.2, 0.25) is 0 Å². The van der Waals surface area contributed by atoms with Crippen molar-refractivity contribution in [1.29, 1.82) is 0 Å². The van der Waals surface area contributed by atoms with Gasteiger partial charge in [-0.15, -0.1) is 0 Å². The van der Waals surface area contributed by atoms with Crippen LogP contribution in [0, 0.1) is 0 Å². The van der Waals surface area contributed by atoms with E-state index in [-0.39, 0.29) is 5.41 Å². The third kappa shape index (κ3) is 1.41. The largest absolute Gasteiger partial charge is 0.357 e. The van der Waals surface area contributed by atoms with E-state index in [0.717, 1.165) is 10.9 Å². The van der Waals surface area contributed by atoms with Crippen LogP contribution in [0.5, 0.6) is 0 Å². The van der Waals surface area contributed by atoms with Gasteiger partial charge in [-0.2, -0.15) is 10.2 Å². The average Bonchev–Trinajstić information content (AvgIpc) is 2.45. The molecule has 0 saturated carbocycles. The molecule has 0 spiro atoms. The average molecular weight is 175 g/mol. The second kappa shape index (κ2) is 2.55. The first-order valence-electron chi connectivity index (χ1n) is 4.37. The van der Waals surface area contributed by atoms with Crippen LogP contribution in [-0.4, -0.2) is 15.2 Å². The van der Waals surface area contributed by atoms with Gasteiger partial charge >= 0.3 is 0 Å². The van der Waals surface area contributed by atoms with E-state index in [1.54, 1.807) is 12.4 Å². The van der Waals surface area contributed by atoms with Gasteiger partial charge in [-0.05, 0) is 6.07 Å². The smallest absolute Gasteiger partial charge is 0.0737 e. The van der Waals surface area contributed by atoms with Crippen LogP contribution >= 0.6 is 0 Å². The van der Waals surface area contributed by atoms with Gasteiger partial charge in [0.05, 0.1) is 17.9 Å². The Morgan fingerprint density at radius 2 is 1.85 bits per heavy atom. The number of nitrogens with one attached hydrogen (secondary N) is 1. The zero-order chi connectivity index (χ0) is 9.47. The zero-order valence-corrected chi connectivity index (χ0v) is 8.13. The normalized spacial score (nSPS) is 12.2. The second-order valence-electron chi connectivity index (χ2n) is 4.29. The predicted octanol–water partition coefficient (Wildman–Crippen LogP) is 2.26. The lowest BCUT2D eigenvalue weighted by molar-refractivity contribution is 0.574. The standard InChI is InChI=1S/C10H13N3/c1-10(2,3)9-4-7-5-11-12-6-8(7)13-9/h4-6,13H,1-3H3. The van der Waals surface area contributed by atoms with Crippen LogP contribution in [0.25, 0.3) is 10.9 Å². The van der Waals surface area contributed by atoms with E-state index in [4.69, 9.17) is 0 Å². The number of rotatable bonds is 0. The van der Waals surface area contributed by atoms with Crippen molar-refractivity contribution in [3.63, 3.8) is 0 Å². The molecule has 0 aliphatic heterocycles. The van der Waals surface area contributed by atoms with Crippen molar-refractivity contribution < 1.29 is 0 Å². The van der Waals surface area contributed by atoms with Gasteiger partial charge in [-0.3, -0.25) is 0 Å². The lowest BCUT2D eigenvalue weighted by Crippen LogP contribution is -2.10. The molecule has 1 N–H and O–H groups in total. The minimum atomic E-state index is 0.152. The highest BCUT2D eigenvalue weighted by atomic mass is 15.1. The monoisotopic (exact) mass is 175 g/mol. The molecular weight excluding hydrogens is 162 g/mol. The van der Waals surface area contributed by atoms with E-state index in [1.807, 2.05) is 0 Å². The lowest BCUT2D eigenvalue weighted by atomic mass is 9.92. The van der Waals surface area contributed by atoms with Crippen molar-refractivity contribution in [1.82, 2.24) is 15.2 Å². The molecule has 0 aliphatic rings. The Labute approximate surface area is 77.2 Å². The SMILES string of the molecule is CC(C)(C)c1cc2cnncc2[nH]1. The number of fused-ring (bicyclic) bond motifs is 1. The van der Waals surface area contributed by atoms with Gasteiger partial charge in [0.15, 0.2) is 0 Å². The highest BCUT2D eigenvalue weighted by molar-refractivity contribution is 5.78. The van der Waals surface area contributed by atoms with E-state index >= 15 is 0 Å². The fraction of sp³-hybridized carbons (Fsp3) is 0.400. The molecule has 0 aromatic carbocycles. The van der Waals surface area contributed by atoms with Gasteiger partial charge in [0, 0.05) is 16.5 Å². The molecule has 2 aromatic rings. The summed E-state index contributed by atoms with van der Waals surface area (Å²) in [4.78, 5) is 3.33. The van der Waals surface area contributed by atoms with Crippen LogP contribution in [0.1, 0.15) is 26.5 Å². The number of hydrogen-bond acceptors (Lipinski definition) is 2. The Morgan fingerprint density at radius 3 is 2.46 bits per heavy atom. The topological polar surface area (TPSA) is 41.6 Å². The Kier molecular flexibility index (Phi) is 1.62. The van der Waals surface area contributed by atoms with E-state index < -0.39 is 0 Å². The molecule has 0 atom stereocenters. The first kappa shape index (κ1) is 8.23. The van der Waals surface area contributed by atoms with Crippen LogP contribution in [0.2, 0.25) is 0 Å². The maximum atomic E-state index is 3.84. The highest BCUT2D eigenvalue weighted by Gasteiger charge is 2.15. The van der Waals surface area contributed by atoms with Crippen molar-refractivity contribution in [2.75, 3.05) is 0 Å². The maximum absolute atomic E-state index is 3.84. The molecule has 3 nitrogen and oxygen atoms in total. The summed E-state index contributed by atoms with van der Waals surface area (Å²) in [6.45, 7) is 6.54. The fourth-order valence-electron chi connectivity index (χ4n) is 1.29. The van der Waals surface area contributed by atoms with E-state index in [2.05, 4.69) is 42.0 Å². The van der Waals surface area contributed by atoms with Crippen molar-refractivity contribution >= 4 is 10.9 Å². The number of H-pyrrole nitrogens is 1. The molecule has 0 amide bonds. The van der Waals surface area contributed by atoms with Crippen LogP contribution in [0.15, 0.2) is 18.5 Å². The first-order valence-corrected chi connectivity index (χ1v) is 4.37. The summed E-state index contributed by atoms with van der Waals surface area (Å²) >= 11 is 0. The fourth-order valence-corrected chi connectivity index (χ4v) is 1.29. The number of aromatic amines is 1. The van der Waals surface area contributed by atoms with Crippen LogP contribution < -0.4 is 0 Å². The Bertz CT molecular complexity index is 390. The Balaban J connectivity index is 2.63. The summed E-state index contributed by atoms with van der Waals surface area (Å²) in [6.07, 6.45) is 3.53. The maximum Gasteiger partial charge on any atom is 0.0737 e. The van der Waals surface area contributed by atoms with E-state index in [9.17, 15) is 0 Å². The van der Waals surface area contributed by atoms with Gasteiger partial charge in [0.25, 0.3) is 0 Å². The molecule has 2 rings (SSSR count). The molecule has 0 unspecified atom stereocenters. The second-order valence-corrected chi connectivity index (χ2v) is 4.29. The quantitative estimate of drug-likeness (QED) is 0.667. The van der Waals surface area contributed by atoms with Crippen molar-refractivity contribution in [3.8, 4) is 0 Å². The lowest BCUT2D eigenvalue weighted by Gasteiger charge is -2.15. The number of nitrogens with zero attached hydrogens (tertiary/aromatic N) is 2. The minimum absolute atomic E-state index is 0.152. The third-order valence-corrected chi connectivity index (χ3v) is 2.14. The molecule has 0 saturated heterocycles. The number of hydrogen-bond donors (Lipinski definition) is 1. The molecule has 13 heavy (non-hydrogen) atoms. The summed E-state index contributed by atoms with van der Waals surface area (Å²) in [5, 5.41) is 8.79. The van der Waals surface area contributed by atoms with Crippen LogP contribution in [0.3, 0.4) is 0 Å². The Hall–Kier alpha value is -1.38. The molecule has 0 fully saturated rings. The van der Waals surface area contributed by atoms with Gasteiger partial charge in [0.1, 0.15) is 0 Å². The van der Waals surface area contributed by atoms with Crippen LogP contribution in [-0.2, 0) is 5.41 Å². The van der Waals surface area contributed by atoms with Gasteiger partial charge < -0.3 is 4.98 Å². The Morgan fingerprint density at radius 1 is 1.15 bits per heavy atom. The van der Waals surface area contributed by atoms with Crippen molar-refractivity contribution in [2.24, 2.45) is 0 Å². The molecule has 2 aromatic heterocycles. The van der Waals surface area contributed by atoms with Gasteiger partial charge in [-0.1, -0.05) is 20.8 Å². The summed E-state index contributed by atoms with van der Waals surface area (Å²) < 4.78 is 0. The summed E-state index contributed by atoms with van der Waals surface area (Å²) in [7, 11) is 0. The molecule has 2 heterocycles. The van der Waals surface area contributed by atoms with E-state index in [0.29, 0.717) is 0 Å². The summed E-state index contributed by atoms with van der Waals surface area (Å²) in [6, 6.07) is 2.13. The zero-order valence-electron chi connectivity index (χ0n) is 8.13. The molecule has 68 valence electrons. The van der Waals surface area contributed by atoms with Crippen LogP contribution in [0.4, 0.5) is 0 Å². The van der Waals surface area contributed by atoms with E-state index in [1.165, 1.54) is 5.69 Å². The molecule has 3 heteroatoms. The molecule has 0 aliphatic carbocycles. The summed E-state index contributed by atoms with van der Waals surface area (Å²) in [5.41, 5.74) is 2.43. The molecule has 0 bridgehead atoms. The predicted molar refractivity (Wildman–Crippen MR) is 52.6 cm³/mol. The summed E-state index contributed by atoms with van der Waals surface area (Å²) in [5.74, 6) is 0. The minimum Gasteiger partial charge on any atom is -0.357 e. The highest BCUT2D eigenvalue weighted by Crippen LogP contribution is 2.24. The third-order valence-electron chi connectivity index (χ3n) is 2.14. The molecule has 0 radical (unpaired) electrons. The first-order chi connectivity index (χ1) is 6.07. The van der Waals surface area contributed by atoms with Crippen molar-refractivity contribution in [2.45, 2.75) is 26.2 Å². The van der Waals surface area contributed by atoms with Crippen molar-refractivity contribution in [3.05, 3.63) is 24.2 Å².